The van der Waals surface area contributed by atoms with E-state index >= 15 is 0 Å². The molecule has 0 heterocycles. The first-order valence-electron chi connectivity index (χ1n) is 7.21. The maximum atomic E-state index is 12.6. The molecule has 1 aromatic rings. The van der Waals surface area contributed by atoms with E-state index in [0.29, 0.717) is 5.56 Å². The minimum atomic E-state index is -0.156. The molecule has 1 saturated carbocycles. The molecule has 1 aromatic carbocycles. The zero-order chi connectivity index (χ0) is 15.1. The largest absolute Gasteiger partial charge is 0.398 e. The second-order valence-corrected chi connectivity index (χ2v) is 5.14. The molecule has 1 aliphatic rings. The van der Waals surface area contributed by atoms with E-state index in [-0.39, 0.29) is 23.1 Å². The van der Waals surface area contributed by atoms with Crippen molar-refractivity contribution in [3.05, 3.63) is 41.4 Å². The molecule has 0 unspecified atom stereocenters. The molecule has 0 N–H and O–H groups in total. The van der Waals surface area contributed by atoms with Gasteiger partial charge in [-0.15, -0.1) is 0 Å². The molecule has 0 saturated heterocycles. The van der Waals surface area contributed by atoms with Crippen LogP contribution in [0, 0.1) is 5.92 Å². The summed E-state index contributed by atoms with van der Waals surface area (Å²) in [6.07, 6.45) is 4.92. The van der Waals surface area contributed by atoms with Crippen LogP contribution in [0.2, 0.25) is 0 Å². The Balaban J connectivity index is 2.31. The summed E-state index contributed by atoms with van der Waals surface area (Å²) in [4.78, 5) is 20.6. The maximum absolute atomic E-state index is 12.6. The van der Waals surface area contributed by atoms with Gasteiger partial charge in [0.25, 0.3) is 0 Å². The summed E-state index contributed by atoms with van der Waals surface area (Å²) in [5.74, 6) is -0.243. The van der Waals surface area contributed by atoms with Crippen molar-refractivity contribution in [2.75, 3.05) is 7.11 Å². The summed E-state index contributed by atoms with van der Waals surface area (Å²) in [7, 11) is 1.41. The number of hydrogen-bond donors (Lipinski definition) is 0. The Morgan fingerprint density at radius 2 is 1.90 bits per heavy atom. The van der Waals surface area contributed by atoms with E-state index in [1.54, 1.807) is 12.1 Å². The molecule has 0 radical (unpaired) electrons. The van der Waals surface area contributed by atoms with Crippen LogP contribution in [0.4, 0.5) is 0 Å². The molecule has 0 amide bonds. The molecule has 0 atom stereocenters. The lowest BCUT2D eigenvalue weighted by Crippen LogP contribution is -2.33. The molecule has 5 nitrogen and oxygen atoms in total. The van der Waals surface area contributed by atoms with Crippen molar-refractivity contribution in [2.24, 2.45) is 11.1 Å². The lowest BCUT2D eigenvalue weighted by atomic mass is 9.83. The first-order chi connectivity index (χ1) is 10.3. The zero-order valence-electron chi connectivity index (χ0n) is 12.2. The summed E-state index contributed by atoms with van der Waals surface area (Å²) in [5, 5.41) is 3.89. The third-order valence-electron chi connectivity index (χ3n) is 3.76. The normalized spacial score (nSPS) is 16.1. The Morgan fingerprint density at radius 3 is 2.48 bits per heavy atom. The van der Waals surface area contributed by atoms with Crippen molar-refractivity contribution in [3.8, 4) is 0 Å². The number of oxime groups is 1. The average molecular weight is 285 g/mol. The van der Waals surface area contributed by atoms with E-state index in [9.17, 15) is 10.3 Å². The highest BCUT2D eigenvalue weighted by atomic mass is 16.6. The van der Waals surface area contributed by atoms with Gasteiger partial charge in [0.15, 0.2) is 0 Å². The molecule has 21 heavy (non-hydrogen) atoms. The van der Waals surface area contributed by atoms with Crippen LogP contribution in [0.1, 0.15) is 37.7 Å². The van der Waals surface area contributed by atoms with Crippen LogP contribution in [0.5, 0.6) is 0 Å². The van der Waals surface area contributed by atoms with Gasteiger partial charge < -0.3 is 10.4 Å². The van der Waals surface area contributed by atoms with Crippen molar-refractivity contribution in [1.82, 2.24) is 0 Å². The van der Waals surface area contributed by atoms with Crippen LogP contribution in [0.3, 0.4) is 0 Å². The van der Waals surface area contributed by atoms with Crippen LogP contribution in [0.25, 0.3) is 5.53 Å². The highest BCUT2D eigenvalue weighted by Crippen LogP contribution is 2.25. The van der Waals surface area contributed by atoms with Gasteiger partial charge in [0.05, 0.1) is 0 Å². The topological polar surface area (TPSA) is 75.1 Å². The Morgan fingerprint density at radius 1 is 1.24 bits per heavy atom. The molecular formula is C16H19N3O2. The predicted octanol–water partition coefficient (Wildman–Crippen LogP) is 2.86. The molecule has 110 valence electrons. The first-order valence-corrected chi connectivity index (χ1v) is 7.21. The van der Waals surface area contributed by atoms with Crippen molar-refractivity contribution in [3.63, 3.8) is 0 Å². The average Bonchev–Trinajstić information content (AvgIpc) is 2.56. The standard InChI is InChI=1S/C16H19N3O2/c1-21-19-14(12-8-4-2-5-9-12)15(18-17)16(20)13-10-6-3-7-11-13/h2,4-5,8-9,13H,3,6-7,10-11H2,1H3. The summed E-state index contributed by atoms with van der Waals surface area (Å²) in [6, 6.07) is 9.14. The second kappa shape index (κ2) is 7.50. The van der Waals surface area contributed by atoms with E-state index in [2.05, 4.69) is 9.95 Å². The fraction of sp³-hybridized carbons (Fsp3) is 0.438. The van der Waals surface area contributed by atoms with Crippen LogP contribution in [-0.2, 0) is 9.63 Å². The molecule has 0 spiro atoms. The minimum absolute atomic E-state index is 0.0186. The van der Waals surface area contributed by atoms with Crippen molar-refractivity contribution < 1.29 is 14.4 Å². The van der Waals surface area contributed by atoms with Crippen molar-refractivity contribution in [2.45, 2.75) is 32.1 Å². The van der Waals surface area contributed by atoms with Gasteiger partial charge in [0, 0.05) is 11.5 Å². The van der Waals surface area contributed by atoms with Crippen LogP contribution in [0.15, 0.2) is 35.5 Å². The third kappa shape index (κ3) is 3.64. The molecule has 0 aliphatic heterocycles. The van der Waals surface area contributed by atoms with Crippen LogP contribution < -0.4 is 0 Å². The fourth-order valence-electron chi connectivity index (χ4n) is 2.69. The SMILES string of the molecule is CON=C(C(=[N+]=[N-])C(=O)C1CCCCC1)c1ccccc1. The number of benzene rings is 1. The lowest BCUT2D eigenvalue weighted by molar-refractivity contribution is -0.121. The lowest BCUT2D eigenvalue weighted by Gasteiger charge is -2.18. The number of hydrogen-bond acceptors (Lipinski definition) is 3. The molecule has 5 heteroatoms. The van der Waals surface area contributed by atoms with E-state index in [1.807, 2.05) is 18.2 Å². The molecule has 1 fully saturated rings. The maximum Gasteiger partial charge on any atom is 0.387 e. The van der Waals surface area contributed by atoms with Gasteiger partial charge >= 0.3 is 5.71 Å². The van der Waals surface area contributed by atoms with Gasteiger partial charge in [-0.2, -0.15) is 4.79 Å². The van der Waals surface area contributed by atoms with Crippen molar-refractivity contribution >= 4 is 17.2 Å². The molecule has 0 aromatic heterocycles. The monoisotopic (exact) mass is 285 g/mol. The first kappa shape index (κ1) is 15.1. The number of carbonyl (C=O) groups is 1. The highest BCUT2D eigenvalue weighted by molar-refractivity contribution is 6.68. The van der Waals surface area contributed by atoms with E-state index in [1.165, 1.54) is 7.11 Å². The number of rotatable bonds is 5. The van der Waals surface area contributed by atoms with E-state index in [0.717, 1.165) is 32.1 Å². The zero-order valence-corrected chi connectivity index (χ0v) is 12.2. The number of ketones is 1. The smallest absolute Gasteiger partial charge is 0.387 e. The van der Waals surface area contributed by atoms with Gasteiger partial charge in [0.1, 0.15) is 7.11 Å². The number of Topliss-reactive ketones (excluding diaryl/α,β-unsaturated/α-hetero) is 1. The molecule has 0 bridgehead atoms. The Kier molecular flexibility index (Phi) is 5.41. The summed E-state index contributed by atoms with van der Waals surface area (Å²) < 4.78 is 0. The summed E-state index contributed by atoms with van der Waals surface area (Å²) >= 11 is 0. The Labute approximate surface area is 124 Å². The quantitative estimate of drug-likeness (QED) is 0.361. The van der Waals surface area contributed by atoms with Gasteiger partial charge in [-0.05, 0) is 12.8 Å². The molecule has 2 rings (SSSR count). The number of nitrogens with zero attached hydrogens (tertiary/aromatic N) is 3. The van der Waals surface area contributed by atoms with Gasteiger partial charge in [-0.25, -0.2) is 0 Å². The Bertz CT molecular complexity index is 568. The van der Waals surface area contributed by atoms with Gasteiger partial charge in [0.2, 0.25) is 11.5 Å². The molecular weight excluding hydrogens is 266 g/mol. The van der Waals surface area contributed by atoms with E-state index in [4.69, 9.17) is 4.84 Å². The molecule has 1 aliphatic carbocycles. The van der Waals surface area contributed by atoms with E-state index < -0.39 is 0 Å². The number of carbonyl (C=O) groups excluding carboxylic acids is 1. The third-order valence-corrected chi connectivity index (χ3v) is 3.76. The predicted molar refractivity (Wildman–Crippen MR) is 80.2 cm³/mol. The van der Waals surface area contributed by atoms with Crippen LogP contribution in [-0.4, -0.2) is 29.1 Å². The fourth-order valence-corrected chi connectivity index (χ4v) is 2.69. The van der Waals surface area contributed by atoms with Gasteiger partial charge in [-0.1, -0.05) is 54.8 Å². The second-order valence-electron chi connectivity index (χ2n) is 5.14. The Hall–Kier alpha value is -2.26. The van der Waals surface area contributed by atoms with Crippen molar-refractivity contribution in [1.29, 1.82) is 0 Å². The minimum Gasteiger partial charge on any atom is -0.398 e. The summed E-state index contributed by atoms with van der Waals surface area (Å²) in [6.45, 7) is 0. The van der Waals surface area contributed by atoms with Gasteiger partial charge in [-0.3, -0.25) is 4.79 Å². The highest BCUT2D eigenvalue weighted by Gasteiger charge is 2.35. The van der Waals surface area contributed by atoms with Crippen LogP contribution >= 0.6 is 0 Å². The summed E-state index contributed by atoms with van der Waals surface area (Å²) in [5.41, 5.74) is 10.3.